The third-order valence-electron chi connectivity index (χ3n) is 2.26. The molecule has 0 aliphatic heterocycles. The van der Waals surface area contributed by atoms with Crippen LogP contribution in [0.2, 0.25) is 0 Å². The second kappa shape index (κ2) is 12.2. The standard InChI is InChI=1S/C10H22N2.C10H20N2.Ni/c2*1-9(2,3)11-7-8-12-10(4,5)6;/h7-8H2,1-6H3;7-8H,1-6H3;/q-2;;. The summed E-state index contributed by atoms with van der Waals surface area (Å²) in [6, 6.07) is 0. The van der Waals surface area contributed by atoms with E-state index in [0.29, 0.717) is 0 Å². The van der Waals surface area contributed by atoms with Gasteiger partial charge in [-0.2, -0.15) is 13.1 Å². The summed E-state index contributed by atoms with van der Waals surface area (Å²) in [5, 5.41) is 8.93. The fourth-order valence-corrected chi connectivity index (χ4v) is 1.28. The van der Waals surface area contributed by atoms with Crippen LogP contribution in [0, 0.1) is 0 Å². The summed E-state index contributed by atoms with van der Waals surface area (Å²) in [5.41, 5.74) is 0.189. The number of aliphatic imine (C=N–C) groups is 2. The van der Waals surface area contributed by atoms with Crippen molar-refractivity contribution >= 4 is 12.4 Å². The first-order valence-corrected chi connectivity index (χ1v) is 8.88. The molecule has 0 N–H and O–H groups in total. The molecule has 0 saturated heterocycles. The summed E-state index contributed by atoms with van der Waals surface area (Å²) in [4.78, 5) is 8.57. The first kappa shape index (κ1) is 29.5. The second-order valence-electron chi connectivity index (χ2n) is 10.0. The Labute approximate surface area is 168 Å². The normalized spacial score (nSPS) is 13.6. The molecule has 0 atom stereocenters. The molecule has 0 unspecified atom stereocenters. The van der Waals surface area contributed by atoms with Crippen molar-refractivity contribution in [1.82, 2.24) is 0 Å². The Bertz CT molecular complexity index is 336. The van der Waals surface area contributed by atoms with Crippen LogP contribution < -0.4 is 0 Å². The maximum atomic E-state index is 4.47. The van der Waals surface area contributed by atoms with Gasteiger partial charge in [0.15, 0.2) is 0 Å². The van der Waals surface area contributed by atoms with Gasteiger partial charge in [0.1, 0.15) is 0 Å². The number of hydrogen-bond acceptors (Lipinski definition) is 2. The smallest absolute Gasteiger partial charge is 0.0524 e. The molecule has 0 bridgehead atoms. The quantitative estimate of drug-likeness (QED) is 0.315. The van der Waals surface area contributed by atoms with Crippen molar-refractivity contribution in [3.63, 3.8) is 0 Å². The molecule has 0 aromatic carbocycles. The molecular weight excluding hydrogens is 355 g/mol. The van der Waals surface area contributed by atoms with Crippen LogP contribution >= 0.6 is 0 Å². The Hall–Kier alpha value is -0.246. The molecule has 0 radical (unpaired) electrons. The molecule has 25 heavy (non-hydrogen) atoms. The SMILES string of the molecule is CC(C)(C)N=CC=NC(C)(C)C.CC(C)(C)[N-]CC[N-]C(C)(C)C.[Ni]. The van der Waals surface area contributed by atoms with Gasteiger partial charge in [0.25, 0.3) is 0 Å². The fraction of sp³-hybridized carbons (Fsp3) is 0.900. The molecule has 0 spiro atoms. The maximum absolute atomic E-state index is 4.47. The molecule has 4 nitrogen and oxygen atoms in total. The van der Waals surface area contributed by atoms with Gasteiger partial charge in [0.05, 0.1) is 11.1 Å². The van der Waals surface area contributed by atoms with Crippen molar-refractivity contribution in [3.8, 4) is 0 Å². The zero-order valence-corrected chi connectivity index (χ0v) is 19.7. The summed E-state index contributed by atoms with van der Waals surface area (Å²) in [5.74, 6) is 0. The third-order valence-corrected chi connectivity index (χ3v) is 2.26. The molecule has 0 fully saturated rings. The van der Waals surface area contributed by atoms with Crippen molar-refractivity contribution in [2.24, 2.45) is 9.98 Å². The van der Waals surface area contributed by atoms with Gasteiger partial charge in [-0.05, 0) is 41.5 Å². The van der Waals surface area contributed by atoms with Gasteiger partial charge in [-0.3, -0.25) is 9.98 Å². The Morgan fingerprint density at radius 2 is 0.800 bits per heavy atom. The fourth-order valence-electron chi connectivity index (χ4n) is 1.28. The molecule has 154 valence electrons. The third kappa shape index (κ3) is 35.7. The van der Waals surface area contributed by atoms with Crippen LogP contribution in [-0.2, 0) is 16.5 Å². The van der Waals surface area contributed by atoms with Crippen LogP contribution in [0.15, 0.2) is 9.98 Å². The topological polar surface area (TPSA) is 52.9 Å². The number of rotatable bonds is 4. The molecule has 0 aromatic heterocycles. The Morgan fingerprint density at radius 1 is 0.560 bits per heavy atom. The van der Waals surface area contributed by atoms with Crippen LogP contribution in [0.1, 0.15) is 83.1 Å². The van der Waals surface area contributed by atoms with Crippen LogP contribution in [0.4, 0.5) is 0 Å². The summed E-state index contributed by atoms with van der Waals surface area (Å²) < 4.78 is 0. The van der Waals surface area contributed by atoms with E-state index in [9.17, 15) is 0 Å². The first-order chi connectivity index (χ1) is 10.4. The van der Waals surface area contributed by atoms with E-state index in [2.05, 4.69) is 104 Å². The van der Waals surface area contributed by atoms with Gasteiger partial charge in [-0.25, -0.2) is 0 Å². The van der Waals surface area contributed by atoms with Crippen LogP contribution in [-0.4, -0.2) is 47.7 Å². The molecule has 0 aliphatic rings. The van der Waals surface area contributed by atoms with Crippen LogP contribution in [0.5, 0.6) is 0 Å². The van der Waals surface area contributed by atoms with E-state index in [1.165, 1.54) is 0 Å². The summed E-state index contributed by atoms with van der Waals surface area (Å²) in [6.07, 6.45) is 3.54. The van der Waals surface area contributed by atoms with Gasteiger partial charge in [0.2, 0.25) is 0 Å². The van der Waals surface area contributed by atoms with Crippen molar-refractivity contribution in [2.45, 2.75) is 105 Å². The first-order valence-electron chi connectivity index (χ1n) is 8.88. The molecule has 0 amide bonds. The average Bonchev–Trinajstić information content (AvgIpc) is 2.27. The minimum Gasteiger partial charge on any atom is -0.659 e. The molecule has 0 heterocycles. The summed E-state index contributed by atoms with van der Waals surface area (Å²) in [7, 11) is 0. The van der Waals surface area contributed by atoms with E-state index in [-0.39, 0.29) is 38.6 Å². The molecule has 0 saturated carbocycles. The largest absolute Gasteiger partial charge is 0.659 e. The number of nitrogens with zero attached hydrogens (tertiary/aromatic N) is 4. The zero-order chi connectivity index (χ0) is 19.7. The van der Waals surface area contributed by atoms with Crippen LogP contribution in [0.25, 0.3) is 10.6 Å². The van der Waals surface area contributed by atoms with Crippen LogP contribution in [0.3, 0.4) is 0 Å². The molecule has 5 heteroatoms. The maximum Gasteiger partial charge on any atom is 0.0524 e. The van der Waals surface area contributed by atoms with Crippen molar-refractivity contribution in [2.75, 3.05) is 13.1 Å². The molecule has 0 aromatic rings. The molecular formula is C20H42N4Ni-2. The molecule has 0 rings (SSSR count). The van der Waals surface area contributed by atoms with E-state index in [4.69, 9.17) is 0 Å². The predicted octanol–water partition coefficient (Wildman–Crippen LogP) is 6.05. The Morgan fingerprint density at radius 3 is 0.960 bits per heavy atom. The summed E-state index contributed by atoms with van der Waals surface area (Å²) >= 11 is 0. The van der Waals surface area contributed by atoms with E-state index in [0.717, 1.165) is 13.1 Å². The van der Waals surface area contributed by atoms with Gasteiger partial charge < -0.3 is 10.6 Å². The minimum atomic E-state index is 0. The van der Waals surface area contributed by atoms with Gasteiger partial charge >= 0.3 is 0 Å². The Balaban J connectivity index is -0.000000372. The zero-order valence-electron chi connectivity index (χ0n) is 18.7. The van der Waals surface area contributed by atoms with Crippen molar-refractivity contribution in [1.29, 1.82) is 0 Å². The monoisotopic (exact) mass is 396 g/mol. The van der Waals surface area contributed by atoms with E-state index < -0.39 is 0 Å². The van der Waals surface area contributed by atoms with Crippen molar-refractivity contribution < 1.29 is 16.5 Å². The predicted molar refractivity (Wildman–Crippen MR) is 112 cm³/mol. The van der Waals surface area contributed by atoms with E-state index in [1.807, 2.05) is 0 Å². The average molecular weight is 397 g/mol. The molecule has 0 aliphatic carbocycles. The van der Waals surface area contributed by atoms with Crippen molar-refractivity contribution in [3.05, 3.63) is 10.6 Å². The summed E-state index contributed by atoms with van der Waals surface area (Å²) in [6.45, 7) is 26.8. The van der Waals surface area contributed by atoms with Gasteiger partial charge in [0, 0.05) is 28.9 Å². The van der Waals surface area contributed by atoms with E-state index >= 15 is 0 Å². The van der Waals surface area contributed by atoms with E-state index in [1.54, 1.807) is 12.4 Å². The number of hydrogen-bond donors (Lipinski definition) is 0. The van der Waals surface area contributed by atoms with Gasteiger partial charge in [-0.15, -0.1) is 11.1 Å². The minimum absolute atomic E-state index is 0. The second-order valence-corrected chi connectivity index (χ2v) is 10.0. The van der Waals surface area contributed by atoms with Gasteiger partial charge in [-0.1, -0.05) is 41.5 Å². The Kier molecular flexibility index (Phi) is 14.4.